The van der Waals surface area contributed by atoms with Gasteiger partial charge in [-0.2, -0.15) is 5.10 Å². The van der Waals surface area contributed by atoms with Crippen LogP contribution in [-0.4, -0.2) is 44.3 Å². The van der Waals surface area contributed by atoms with Crippen LogP contribution in [0.5, 0.6) is 0 Å². The number of aromatic amines is 1. The lowest BCUT2D eigenvalue weighted by Crippen LogP contribution is -2.42. The minimum atomic E-state index is -0.306. The number of methoxy groups -OCH3 is 1. The van der Waals surface area contributed by atoms with Crippen LogP contribution in [-0.2, 0) is 18.4 Å². The van der Waals surface area contributed by atoms with E-state index in [-0.39, 0.29) is 17.6 Å². The molecule has 1 unspecified atom stereocenters. The Hall–Kier alpha value is -2.68. The number of anilines is 1. The standard InChI is InChI=1S/C17H24N6O3/c1-11-7-9-22(2)16(24)14(11)19-17(25)23-8-5-4-6-12(23)15-18-13(10-26-3)20-21-15/h7,9,12H,4-6,8,10H2,1-3H3,(H,19,25)(H,18,20,21). The molecule has 2 aromatic rings. The van der Waals surface area contributed by atoms with Crippen molar-refractivity contribution >= 4 is 11.7 Å². The van der Waals surface area contributed by atoms with Crippen molar-refractivity contribution in [1.82, 2.24) is 24.6 Å². The van der Waals surface area contributed by atoms with Gasteiger partial charge in [-0.15, -0.1) is 0 Å². The van der Waals surface area contributed by atoms with Crippen molar-refractivity contribution in [2.75, 3.05) is 19.0 Å². The molecule has 0 spiro atoms. The van der Waals surface area contributed by atoms with Gasteiger partial charge in [0.2, 0.25) is 0 Å². The normalized spacial score (nSPS) is 17.3. The first kappa shape index (κ1) is 18.1. The maximum Gasteiger partial charge on any atom is 0.322 e. The number of pyridine rings is 1. The number of hydrogen-bond donors (Lipinski definition) is 2. The number of rotatable bonds is 4. The van der Waals surface area contributed by atoms with Gasteiger partial charge in [-0.05, 0) is 37.8 Å². The number of H-pyrrole nitrogens is 1. The average molecular weight is 360 g/mol. The van der Waals surface area contributed by atoms with Gasteiger partial charge in [0.05, 0.1) is 6.04 Å². The highest BCUT2D eigenvalue weighted by Crippen LogP contribution is 2.29. The number of piperidine rings is 1. The minimum absolute atomic E-state index is 0.224. The number of ether oxygens (including phenoxy) is 1. The van der Waals surface area contributed by atoms with Gasteiger partial charge in [0.15, 0.2) is 11.6 Å². The fourth-order valence-corrected chi connectivity index (χ4v) is 3.15. The SMILES string of the molecule is COCc1nc(C2CCCCN2C(=O)Nc2c(C)ccn(C)c2=O)n[nH]1. The van der Waals surface area contributed by atoms with Crippen molar-refractivity contribution in [2.45, 2.75) is 38.8 Å². The quantitative estimate of drug-likeness (QED) is 0.864. The van der Waals surface area contributed by atoms with Gasteiger partial charge in [-0.25, -0.2) is 9.78 Å². The van der Waals surface area contributed by atoms with E-state index in [9.17, 15) is 9.59 Å². The third kappa shape index (κ3) is 3.62. The van der Waals surface area contributed by atoms with E-state index < -0.39 is 0 Å². The number of amides is 2. The molecule has 1 atom stereocenters. The van der Waals surface area contributed by atoms with E-state index in [1.165, 1.54) is 4.57 Å². The molecule has 1 aliphatic rings. The first-order valence-electron chi connectivity index (χ1n) is 8.65. The van der Waals surface area contributed by atoms with Gasteiger partial charge in [-0.3, -0.25) is 9.89 Å². The summed E-state index contributed by atoms with van der Waals surface area (Å²) >= 11 is 0. The second kappa shape index (κ2) is 7.69. The summed E-state index contributed by atoms with van der Waals surface area (Å²) in [5.74, 6) is 1.20. The number of urea groups is 1. The van der Waals surface area contributed by atoms with Gasteiger partial charge in [0.25, 0.3) is 5.56 Å². The summed E-state index contributed by atoms with van der Waals surface area (Å²) in [6, 6.07) is 1.27. The molecule has 2 amide bonds. The molecule has 3 heterocycles. The number of hydrogen-bond acceptors (Lipinski definition) is 5. The molecule has 2 N–H and O–H groups in total. The number of aryl methyl sites for hydroxylation is 2. The van der Waals surface area contributed by atoms with Gasteiger partial charge in [-0.1, -0.05) is 0 Å². The van der Waals surface area contributed by atoms with E-state index in [2.05, 4.69) is 20.5 Å². The smallest absolute Gasteiger partial charge is 0.322 e. The van der Waals surface area contributed by atoms with E-state index in [4.69, 9.17) is 4.74 Å². The summed E-state index contributed by atoms with van der Waals surface area (Å²) in [6.07, 6.45) is 4.37. The number of aromatic nitrogens is 4. The molecule has 0 saturated carbocycles. The van der Waals surface area contributed by atoms with Crippen LogP contribution in [0.4, 0.5) is 10.5 Å². The largest absolute Gasteiger partial charge is 0.377 e. The summed E-state index contributed by atoms with van der Waals surface area (Å²) < 4.78 is 6.50. The second-order valence-electron chi connectivity index (χ2n) is 6.50. The third-order valence-corrected chi connectivity index (χ3v) is 4.60. The molecule has 9 heteroatoms. The van der Waals surface area contributed by atoms with Gasteiger partial charge in [0.1, 0.15) is 12.3 Å². The number of likely N-dealkylation sites (tertiary alicyclic amines) is 1. The molecular weight excluding hydrogens is 336 g/mol. The Kier molecular flexibility index (Phi) is 5.36. The van der Waals surface area contributed by atoms with Crippen LogP contribution in [0.3, 0.4) is 0 Å². The monoisotopic (exact) mass is 360 g/mol. The number of nitrogens with zero attached hydrogens (tertiary/aromatic N) is 4. The lowest BCUT2D eigenvalue weighted by Gasteiger charge is -2.34. The number of carbonyl (C=O) groups excluding carboxylic acids is 1. The molecule has 1 fully saturated rings. The maximum absolute atomic E-state index is 12.9. The average Bonchev–Trinajstić information content (AvgIpc) is 3.11. The lowest BCUT2D eigenvalue weighted by atomic mass is 10.0. The van der Waals surface area contributed by atoms with E-state index in [1.54, 1.807) is 38.2 Å². The molecule has 0 bridgehead atoms. The van der Waals surface area contributed by atoms with Crippen molar-refractivity contribution in [3.8, 4) is 0 Å². The van der Waals surface area contributed by atoms with Gasteiger partial charge < -0.3 is 19.5 Å². The predicted molar refractivity (Wildman–Crippen MR) is 95.8 cm³/mol. The zero-order valence-corrected chi connectivity index (χ0v) is 15.3. The van der Waals surface area contributed by atoms with Crippen LogP contribution >= 0.6 is 0 Å². The molecule has 2 aromatic heterocycles. The highest BCUT2D eigenvalue weighted by molar-refractivity contribution is 5.90. The lowest BCUT2D eigenvalue weighted by molar-refractivity contribution is 0.159. The molecule has 1 saturated heterocycles. The Morgan fingerprint density at radius 2 is 2.27 bits per heavy atom. The summed E-state index contributed by atoms with van der Waals surface area (Å²) in [7, 11) is 3.25. The molecular formula is C17H24N6O3. The van der Waals surface area contributed by atoms with Crippen LogP contribution in [0.2, 0.25) is 0 Å². The molecule has 140 valence electrons. The minimum Gasteiger partial charge on any atom is -0.377 e. The van der Waals surface area contributed by atoms with E-state index in [0.717, 1.165) is 24.8 Å². The molecule has 0 aromatic carbocycles. The Bertz CT molecular complexity index is 843. The van der Waals surface area contributed by atoms with Crippen molar-refractivity contribution in [3.05, 3.63) is 39.8 Å². The second-order valence-corrected chi connectivity index (χ2v) is 6.50. The van der Waals surface area contributed by atoms with Crippen LogP contribution in [0, 0.1) is 6.92 Å². The molecule has 9 nitrogen and oxygen atoms in total. The van der Waals surface area contributed by atoms with Crippen LogP contribution in [0.15, 0.2) is 17.1 Å². The van der Waals surface area contributed by atoms with E-state index in [1.807, 2.05) is 0 Å². The summed E-state index contributed by atoms with van der Waals surface area (Å²) in [5.41, 5.74) is 0.807. The van der Waals surface area contributed by atoms with Crippen molar-refractivity contribution in [3.63, 3.8) is 0 Å². The van der Waals surface area contributed by atoms with Gasteiger partial charge in [0, 0.05) is 26.9 Å². The third-order valence-electron chi connectivity index (χ3n) is 4.60. The van der Waals surface area contributed by atoms with Crippen LogP contribution < -0.4 is 10.9 Å². The Labute approximate surface area is 151 Å². The summed E-state index contributed by atoms with van der Waals surface area (Å²) in [6.45, 7) is 2.74. The molecule has 1 aliphatic heterocycles. The van der Waals surface area contributed by atoms with Crippen molar-refractivity contribution < 1.29 is 9.53 Å². The summed E-state index contributed by atoms with van der Waals surface area (Å²) in [4.78, 5) is 31.3. The highest BCUT2D eigenvalue weighted by atomic mass is 16.5. The Morgan fingerprint density at radius 1 is 1.46 bits per heavy atom. The fourth-order valence-electron chi connectivity index (χ4n) is 3.15. The Morgan fingerprint density at radius 3 is 3.04 bits per heavy atom. The molecule has 0 aliphatic carbocycles. The first-order valence-corrected chi connectivity index (χ1v) is 8.65. The number of carbonyl (C=O) groups is 1. The van der Waals surface area contributed by atoms with E-state index >= 15 is 0 Å². The summed E-state index contributed by atoms with van der Waals surface area (Å²) in [5, 5.41) is 9.87. The highest BCUT2D eigenvalue weighted by Gasteiger charge is 2.31. The van der Waals surface area contributed by atoms with Crippen molar-refractivity contribution in [2.24, 2.45) is 7.05 Å². The topological polar surface area (TPSA) is 105 Å². The number of nitrogens with one attached hydrogen (secondary N) is 2. The zero-order valence-electron chi connectivity index (χ0n) is 15.3. The van der Waals surface area contributed by atoms with Crippen LogP contribution in [0.25, 0.3) is 0 Å². The maximum atomic E-state index is 12.9. The molecule has 3 rings (SSSR count). The molecule has 0 radical (unpaired) electrons. The van der Waals surface area contributed by atoms with E-state index in [0.29, 0.717) is 30.5 Å². The van der Waals surface area contributed by atoms with Crippen LogP contribution in [0.1, 0.15) is 42.5 Å². The Balaban J connectivity index is 1.82. The predicted octanol–water partition coefficient (Wildman–Crippen LogP) is 1.72. The van der Waals surface area contributed by atoms with Crippen molar-refractivity contribution in [1.29, 1.82) is 0 Å². The zero-order chi connectivity index (χ0) is 18.7. The fraction of sp³-hybridized carbons (Fsp3) is 0.529. The van der Waals surface area contributed by atoms with Gasteiger partial charge >= 0.3 is 6.03 Å². The molecule has 26 heavy (non-hydrogen) atoms. The first-order chi connectivity index (χ1) is 12.5.